The van der Waals surface area contributed by atoms with Crippen LogP contribution >= 0.6 is 0 Å². The van der Waals surface area contributed by atoms with Crippen molar-refractivity contribution in [2.45, 2.75) is 19.8 Å². The molecule has 0 spiro atoms. The van der Waals surface area contributed by atoms with Crippen molar-refractivity contribution in [2.24, 2.45) is 0 Å². The lowest BCUT2D eigenvalue weighted by atomic mass is 10.6. The average molecular weight is 232 g/mol. The number of esters is 4. The topological polar surface area (TPSA) is 105 Å². The molecule has 0 saturated carbocycles. The normalized spacial score (nSPS) is 17.4. The zero-order chi connectivity index (χ0) is 12.3. The molecule has 1 fully saturated rings. The van der Waals surface area contributed by atoms with Crippen molar-refractivity contribution >= 4 is 23.9 Å². The molecule has 1 rings (SSSR count). The Balaban J connectivity index is 2.61. The van der Waals surface area contributed by atoms with Crippen LogP contribution in [0.3, 0.4) is 0 Å². The molecule has 0 amide bonds. The van der Waals surface area contributed by atoms with Gasteiger partial charge in [-0.25, -0.2) is 19.2 Å². The fourth-order valence-corrected chi connectivity index (χ4v) is 0.883. The van der Waals surface area contributed by atoms with E-state index in [1.165, 1.54) is 6.92 Å². The summed E-state index contributed by atoms with van der Waals surface area (Å²) >= 11 is 0. The largest absolute Gasteiger partial charge is 0.458 e. The molecule has 0 aromatic carbocycles. The lowest BCUT2D eigenvalue weighted by Crippen LogP contribution is -2.36. The zero-order valence-corrected chi connectivity index (χ0v) is 8.47. The summed E-state index contributed by atoms with van der Waals surface area (Å²) in [5, 5.41) is 0. The Bertz CT molecular complexity index is 341. The highest BCUT2D eigenvalue weighted by Crippen LogP contribution is 2.22. The van der Waals surface area contributed by atoms with E-state index in [4.69, 9.17) is 0 Å². The van der Waals surface area contributed by atoms with Crippen molar-refractivity contribution in [2.75, 3.05) is 6.61 Å². The second-order valence-electron chi connectivity index (χ2n) is 2.75. The van der Waals surface area contributed by atoms with E-state index < -0.39 is 29.9 Å². The summed E-state index contributed by atoms with van der Waals surface area (Å²) in [6.45, 7) is 2.46. The smallest absolute Gasteiger partial charge is 0.423 e. The summed E-state index contributed by atoms with van der Waals surface area (Å²) < 4.78 is 17.3. The SMILES string of the molecule is CCOC(=O)C(=O)OC1(C)OC(=O)C(=O)O1. The van der Waals surface area contributed by atoms with E-state index in [-0.39, 0.29) is 6.61 Å². The van der Waals surface area contributed by atoms with E-state index in [1.807, 2.05) is 0 Å². The third-order valence-electron chi connectivity index (χ3n) is 1.44. The van der Waals surface area contributed by atoms with Crippen molar-refractivity contribution < 1.29 is 38.1 Å². The quantitative estimate of drug-likeness (QED) is 0.434. The summed E-state index contributed by atoms with van der Waals surface area (Å²) in [6, 6.07) is 0. The number of carbonyl (C=O) groups excluding carboxylic acids is 4. The molecule has 0 N–H and O–H groups in total. The van der Waals surface area contributed by atoms with Gasteiger partial charge in [0.15, 0.2) is 0 Å². The predicted molar refractivity (Wildman–Crippen MR) is 43.3 cm³/mol. The summed E-state index contributed by atoms with van der Waals surface area (Å²) in [5.41, 5.74) is 0. The first-order valence-corrected chi connectivity index (χ1v) is 4.24. The van der Waals surface area contributed by atoms with E-state index in [0.717, 1.165) is 6.92 Å². The molecule has 0 radical (unpaired) electrons. The molecule has 0 aromatic heterocycles. The van der Waals surface area contributed by atoms with Crippen LogP contribution in [-0.2, 0) is 38.1 Å². The fraction of sp³-hybridized carbons (Fsp3) is 0.500. The van der Waals surface area contributed by atoms with Crippen LogP contribution in [-0.4, -0.2) is 36.5 Å². The molecule has 88 valence electrons. The zero-order valence-electron chi connectivity index (χ0n) is 8.47. The number of rotatable bonds is 2. The average Bonchev–Trinajstić information content (AvgIpc) is 2.40. The van der Waals surface area contributed by atoms with Crippen molar-refractivity contribution in [1.29, 1.82) is 0 Å². The minimum atomic E-state index is -2.21. The van der Waals surface area contributed by atoms with Crippen LogP contribution in [0, 0.1) is 0 Å². The van der Waals surface area contributed by atoms with Crippen molar-refractivity contribution in [3.05, 3.63) is 0 Å². The number of hydrogen-bond acceptors (Lipinski definition) is 8. The predicted octanol–water partition coefficient (Wildman–Crippen LogP) is -1.13. The molecule has 8 nitrogen and oxygen atoms in total. The Morgan fingerprint density at radius 2 is 1.69 bits per heavy atom. The first kappa shape index (κ1) is 12.0. The van der Waals surface area contributed by atoms with Gasteiger partial charge in [-0.3, -0.25) is 0 Å². The van der Waals surface area contributed by atoms with Gasteiger partial charge in [-0.2, -0.15) is 0 Å². The maximum absolute atomic E-state index is 11.0. The first-order valence-electron chi connectivity index (χ1n) is 4.24. The molecule has 0 aromatic rings. The summed E-state index contributed by atoms with van der Waals surface area (Å²) in [5.74, 6) is -7.52. The van der Waals surface area contributed by atoms with Gasteiger partial charge in [-0.05, 0) is 6.92 Å². The highest BCUT2D eigenvalue weighted by molar-refractivity contribution is 6.32. The Morgan fingerprint density at radius 1 is 1.19 bits per heavy atom. The second-order valence-corrected chi connectivity index (χ2v) is 2.75. The molecule has 1 heterocycles. The molecular formula is C8H8O8. The molecule has 0 atom stereocenters. The van der Waals surface area contributed by atoms with Gasteiger partial charge in [0.2, 0.25) is 0 Å². The molecule has 1 aliphatic heterocycles. The maximum Gasteiger partial charge on any atom is 0.423 e. The van der Waals surface area contributed by atoms with Crippen LogP contribution in [0.15, 0.2) is 0 Å². The molecule has 1 saturated heterocycles. The Morgan fingerprint density at radius 3 is 2.12 bits per heavy atom. The van der Waals surface area contributed by atoms with Crippen molar-refractivity contribution in [3.63, 3.8) is 0 Å². The Labute approximate surface area is 89.4 Å². The Hall–Kier alpha value is -2.12. The fourth-order valence-electron chi connectivity index (χ4n) is 0.883. The van der Waals surface area contributed by atoms with Gasteiger partial charge in [-0.1, -0.05) is 0 Å². The molecule has 16 heavy (non-hydrogen) atoms. The van der Waals surface area contributed by atoms with Gasteiger partial charge in [0.05, 0.1) is 13.5 Å². The standard InChI is InChI=1S/C8H8O8/c1-3-13-4(9)5(10)14-8(2)15-6(11)7(12)16-8/h3H2,1-2H3. The summed E-state index contributed by atoms with van der Waals surface area (Å²) in [4.78, 5) is 43.2. The van der Waals surface area contributed by atoms with Crippen molar-refractivity contribution in [3.8, 4) is 0 Å². The van der Waals surface area contributed by atoms with Gasteiger partial charge in [0.25, 0.3) is 0 Å². The molecule has 0 bridgehead atoms. The van der Waals surface area contributed by atoms with Crippen molar-refractivity contribution in [1.82, 2.24) is 0 Å². The van der Waals surface area contributed by atoms with E-state index >= 15 is 0 Å². The third kappa shape index (κ3) is 2.47. The van der Waals surface area contributed by atoms with Crippen LogP contribution in [0.1, 0.15) is 13.8 Å². The summed E-state index contributed by atoms with van der Waals surface area (Å²) in [7, 11) is 0. The van der Waals surface area contributed by atoms with Gasteiger partial charge >= 0.3 is 29.9 Å². The minimum absolute atomic E-state index is 0.0236. The number of ether oxygens (including phenoxy) is 4. The number of cyclic esters (lactones) is 2. The lowest BCUT2D eigenvalue weighted by molar-refractivity contribution is -0.290. The summed E-state index contributed by atoms with van der Waals surface area (Å²) in [6.07, 6.45) is 0. The molecule has 0 aliphatic carbocycles. The third-order valence-corrected chi connectivity index (χ3v) is 1.44. The van der Waals surface area contributed by atoms with Crippen LogP contribution in [0.5, 0.6) is 0 Å². The van der Waals surface area contributed by atoms with Crippen LogP contribution < -0.4 is 0 Å². The minimum Gasteiger partial charge on any atom is -0.458 e. The van der Waals surface area contributed by atoms with Crippen LogP contribution in [0.4, 0.5) is 0 Å². The lowest BCUT2D eigenvalue weighted by Gasteiger charge is -2.18. The highest BCUT2D eigenvalue weighted by atomic mass is 16.9. The molecule has 8 heteroatoms. The van der Waals surface area contributed by atoms with E-state index in [1.54, 1.807) is 0 Å². The number of carbonyl (C=O) groups is 4. The number of hydrogen-bond donors (Lipinski definition) is 0. The molecule has 0 unspecified atom stereocenters. The van der Waals surface area contributed by atoms with Crippen LogP contribution in [0.2, 0.25) is 0 Å². The van der Waals surface area contributed by atoms with E-state index in [2.05, 4.69) is 18.9 Å². The van der Waals surface area contributed by atoms with Gasteiger partial charge in [0.1, 0.15) is 0 Å². The molecular weight excluding hydrogens is 224 g/mol. The van der Waals surface area contributed by atoms with Gasteiger partial charge in [-0.15, -0.1) is 0 Å². The second kappa shape index (κ2) is 4.17. The first-order chi connectivity index (χ1) is 7.38. The van der Waals surface area contributed by atoms with Crippen LogP contribution in [0.25, 0.3) is 0 Å². The van der Waals surface area contributed by atoms with E-state index in [9.17, 15) is 19.2 Å². The maximum atomic E-state index is 11.0. The van der Waals surface area contributed by atoms with Gasteiger partial charge < -0.3 is 18.9 Å². The monoisotopic (exact) mass is 232 g/mol. The molecule has 1 aliphatic rings. The van der Waals surface area contributed by atoms with Gasteiger partial charge in [0, 0.05) is 0 Å². The highest BCUT2D eigenvalue weighted by Gasteiger charge is 2.49. The Kier molecular flexibility index (Phi) is 3.11. The van der Waals surface area contributed by atoms with E-state index in [0.29, 0.717) is 0 Å².